The summed E-state index contributed by atoms with van der Waals surface area (Å²) in [5.41, 5.74) is 1.02. The van der Waals surface area contributed by atoms with Gasteiger partial charge in [0.25, 0.3) is 5.91 Å². The molecule has 110 valence electrons. The van der Waals surface area contributed by atoms with E-state index in [-0.39, 0.29) is 11.9 Å². The van der Waals surface area contributed by atoms with Crippen LogP contribution < -0.4 is 10.6 Å². The van der Waals surface area contributed by atoms with Crippen molar-refractivity contribution in [2.45, 2.75) is 19.5 Å². The minimum atomic E-state index is -0.244. The van der Waals surface area contributed by atoms with E-state index in [1.807, 2.05) is 11.5 Å². The predicted molar refractivity (Wildman–Crippen MR) is 83.1 cm³/mol. The summed E-state index contributed by atoms with van der Waals surface area (Å²) in [6, 6.07) is 5.30. The Morgan fingerprint density at radius 1 is 1.48 bits per heavy atom. The van der Waals surface area contributed by atoms with Crippen LogP contribution in [0.3, 0.4) is 0 Å². The Morgan fingerprint density at radius 2 is 2.29 bits per heavy atom. The summed E-state index contributed by atoms with van der Waals surface area (Å²) in [7, 11) is 0. The number of imidazole rings is 1. The second-order valence-corrected chi connectivity index (χ2v) is 5.75. The number of aromatic nitrogens is 2. The van der Waals surface area contributed by atoms with Crippen LogP contribution in [0.15, 0.2) is 24.4 Å². The summed E-state index contributed by atoms with van der Waals surface area (Å²) in [6.07, 6.45) is 1.59. The van der Waals surface area contributed by atoms with Gasteiger partial charge >= 0.3 is 0 Å². The lowest BCUT2D eigenvalue weighted by Gasteiger charge is -2.24. The Kier molecular flexibility index (Phi) is 3.89. The van der Waals surface area contributed by atoms with Crippen molar-refractivity contribution in [1.29, 1.82) is 0 Å². The molecule has 1 aliphatic heterocycles. The Morgan fingerprint density at radius 3 is 3.10 bits per heavy atom. The van der Waals surface area contributed by atoms with Crippen LogP contribution >= 0.6 is 23.2 Å². The number of amides is 1. The lowest BCUT2D eigenvalue weighted by Crippen LogP contribution is -2.33. The van der Waals surface area contributed by atoms with Crippen molar-refractivity contribution in [2.24, 2.45) is 0 Å². The van der Waals surface area contributed by atoms with Crippen molar-refractivity contribution in [3.63, 3.8) is 0 Å². The zero-order chi connectivity index (χ0) is 15.0. The molecule has 1 aliphatic rings. The SMILES string of the molecule is CC1CNCc2ncc(C(=O)Nc3cccc(Cl)c3Cl)n21. The first kappa shape index (κ1) is 14.4. The summed E-state index contributed by atoms with van der Waals surface area (Å²) in [5, 5.41) is 6.78. The Labute approximate surface area is 132 Å². The fraction of sp³-hybridized carbons (Fsp3) is 0.286. The molecule has 0 fully saturated rings. The number of halogens is 2. The molecule has 21 heavy (non-hydrogen) atoms. The maximum atomic E-state index is 12.5. The maximum absolute atomic E-state index is 12.5. The molecule has 5 nitrogen and oxygen atoms in total. The van der Waals surface area contributed by atoms with Crippen LogP contribution in [-0.2, 0) is 6.54 Å². The van der Waals surface area contributed by atoms with E-state index in [9.17, 15) is 4.79 Å². The lowest BCUT2D eigenvalue weighted by atomic mass is 10.2. The Hall–Kier alpha value is -1.56. The molecule has 2 heterocycles. The topological polar surface area (TPSA) is 59.0 Å². The molecule has 1 atom stereocenters. The van der Waals surface area contributed by atoms with Gasteiger partial charge < -0.3 is 15.2 Å². The van der Waals surface area contributed by atoms with Crippen LogP contribution in [0.4, 0.5) is 5.69 Å². The smallest absolute Gasteiger partial charge is 0.273 e. The van der Waals surface area contributed by atoms with E-state index < -0.39 is 0 Å². The minimum absolute atomic E-state index is 0.173. The van der Waals surface area contributed by atoms with E-state index in [0.717, 1.165) is 12.4 Å². The van der Waals surface area contributed by atoms with E-state index >= 15 is 0 Å². The summed E-state index contributed by atoms with van der Waals surface area (Å²) < 4.78 is 1.95. The summed E-state index contributed by atoms with van der Waals surface area (Å²) in [5.74, 6) is 0.614. The normalized spacial score (nSPS) is 17.4. The number of carbonyl (C=O) groups excluding carboxylic acids is 1. The van der Waals surface area contributed by atoms with E-state index in [1.54, 1.807) is 24.4 Å². The van der Waals surface area contributed by atoms with E-state index in [1.165, 1.54) is 0 Å². The highest BCUT2D eigenvalue weighted by atomic mass is 35.5. The van der Waals surface area contributed by atoms with Gasteiger partial charge in [0, 0.05) is 12.6 Å². The molecule has 1 amide bonds. The van der Waals surface area contributed by atoms with Gasteiger partial charge in [-0.3, -0.25) is 4.79 Å². The first-order valence-electron chi connectivity index (χ1n) is 6.60. The lowest BCUT2D eigenvalue weighted by molar-refractivity contribution is 0.101. The third kappa shape index (κ3) is 2.64. The molecule has 1 aromatic carbocycles. The summed E-state index contributed by atoms with van der Waals surface area (Å²) >= 11 is 12.0. The molecule has 1 aromatic heterocycles. The number of nitrogens with one attached hydrogen (secondary N) is 2. The van der Waals surface area contributed by atoms with Crippen molar-refractivity contribution in [3.05, 3.63) is 46.0 Å². The third-order valence-electron chi connectivity index (χ3n) is 3.47. The average molecular weight is 325 g/mol. The fourth-order valence-electron chi connectivity index (χ4n) is 2.46. The molecule has 1 unspecified atom stereocenters. The number of fused-ring (bicyclic) bond motifs is 1. The molecular formula is C14H14Cl2N4O. The van der Waals surface area contributed by atoms with Crippen LogP contribution in [0.5, 0.6) is 0 Å². The van der Waals surface area contributed by atoms with Crippen LogP contribution in [0.2, 0.25) is 10.0 Å². The highest BCUT2D eigenvalue weighted by Crippen LogP contribution is 2.30. The predicted octanol–water partition coefficient (Wildman–Crippen LogP) is 3.11. The number of hydrogen-bond donors (Lipinski definition) is 2. The fourth-order valence-corrected chi connectivity index (χ4v) is 2.81. The number of benzene rings is 1. The molecule has 0 bridgehead atoms. The van der Waals surface area contributed by atoms with E-state index in [0.29, 0.717) is 28.0 Å². The molecule has 7 heteroatoms. The zero-order valence-electron chi connectivity index (χ0n) is 11.4. The second kappa shape index (κ2) is 5.67. The number of carbonyl (C=O) groups is 1. The first-order valence-corrected chi connectivity index (χ1v) is 7.35. The molecule has 0 saturated heterocycles. The average Bonchev–Trinajstić information content (AvgIpc) is 2.89. The van der Waals surface area contributed by atoms with Crippen LogP contribution in [0.1, 0.15) is 29.3 Å². The Balaban J connectivity index is 1.90. The zero-order valence-corrected chi connectivity index (χ0v) is 12.9. The van der Waals surface area contributed by atoms with Crippen molar-refractivity contribution in [1.82, 2.24) is 14.9 Å². The van der Waals surface area contributed by atoms with Crippen LogP contribution in [0.25, 0.3) is 0 Å². The van der Waals surface area contributed by atoms with Gasteiger partial charge in [0.15, 0.2) is 0 Å². The van der Waals surface area contributed by atoms with Crippen molar-refractivity contribution < 1.29 is 4.79 Å². The maximum Gasteiger partial charge on any atom is 0.273 e. The van der Waals surface area contributed by atoms with Gasteiger partial charge in [-0.05, 0) is 19.1 Å². The van der Waals surface area contributed by atoms with Gasteiger partial charge in [0.2, 0.25) is 0 Å². The monoisotopic (exact) mass is 324 g/mol. The second-order valence-electron chi connectivity index (χ2n) is 4.97. The van der Waals surface area contributed by atoms with Crippen molar-refractivity contribution in [2.75, 3.05) is 11.9 Å². The molecule has 0 radical (unpaired) electrons. The van der Waals surface area contributed by atoms with Crippen LogP contribution in [-0.4, -0.2) is 22.0 Å². The standard InChI is InChI=1S/C14H14Cl2N4O/c1-8-5-17-7-12-18-6-11(20(8)12)14(21)19-10-4-2-3-9(15)13(10)16/h2-4,6,8,17H,5,7H2,1H3,(H,19,21). The highest BCUT2D eigenvalue weighted by molar-refractivity contribution is 6.44. The number of anilines is 1. The van der Waals surface area contributed by atoms with E-state index in [2.05, 4.69) is 15.6 Å². The van der Waals surface area contributed by atoms with Crippen molar-refractivity contribution in [3.8, 4) is 0 Å². The van der Waals surface area contributed by atoms with Gasteiger partial charge in [-0.25, -0.2) is 4.98 Å². The summed E-state index contributed by atoms with van der Waals surface area (Å²) in [4.78, 5) is 16.8. The molecular weight excluding hydrogens is 311 g/mol. The van der Waals surface area contributed by atoms with Gasteiger partial charge in [-0.1, -0.05) is 29.3 Å². The van der Waals surface area contributed by atoms with Gasteiger partial charge in [-0.15, -0.1) is 0 Å². The quantitative estimate of drug-likeness (QED) is 0.892. The number of rotatable bonds is 2. The number of nitrogens with zero attached hydrogens (tertiary/aromatic N) is 2. The van der Waals surface area contributed by atoms with Crippen molar-refractivity contribution >= 4 is 34.8 Å². The molecule has 0 spiro atoms. The first-order chi connectivity index (χ1) is 10.1. The molecule has 0 aliphatic carbocycles. The number of hydrogen-bond acceptors (Lipinski definition) is 3. The molecule has 2 N–H and O–H groups in total. The molecule has 0 saturated carbocycles. The van der Waals surface area contributed by atoms with Gasteiger partial charge in [-0.2, -0.15) is 0 Å². The third-order valence-corrected chi connectivity index (χ3v) is 4.29. The van der Waals surface area contributed by atoms with E-state index in [4.69, 9.17) is 23.2 Å². The molecule has 3 rings (SSSR count). The summed E-state index contributed by atoms with van der Waals surface area (Å²) in [6.45, 7) is 3.51. The van der Waals surface area contributed by atoms with Crippen LogP contribution in [0, 0.1) is 0 Å². The van der Waals surface area contributed by atoms with Gasteiger partial charge in [0.1, 0.15) is 11.5 Å². The van der Waals surface area contributed by atoms with Gasteiger partial charge in [0.05, 0.1) is 28.5 Å². The molecule has 2 aromatic rings. The largest absolute Gasteiger partial charge is 0.319 e. The highest BCUT2D eigenvalue weighted by Gasteiger charge is 2.23. The minimum Gasteiger partial charge on any atom is -0.319 e. The Bertz CT molecular complexity index is 698.